The molecule has 0 spiro atoms. The molecule has 1 fully saturated rings. The van der Waals surface area contributed by atoms with Gasteiger partial charge in [-0.3, -0.25) is 9.59 Å². The average molecular weight is 514 g/mol. The summed E-state index contributed by atoms with van der Waals surface area (Å²) in [6.45, 7) is 7.48. The molecule has 1 aromatic carbocycles. The summed E-state index contributed by atoms with van der Waals surface area (Å²) in [5.74, 6) is 0.0683. The van der Waals surface area contributed by atoms with E-state index in [1.54, 1.807) is 36.0 Å². The molecule has 1 unspecified atom stereocenters. The summed E-state index contributed by atoms with van der Waals surface area (Å²) in [5, 5.41) is 5.80. The van der Waals surface area contributed by atoms with Gasteiger partial charge in [0.05, 0.1) is 11.0 Å². The molecule has 0 aromatic heterocycles. The van der Waals surface area contributed by atoms with Crippen molar-refractivity contribution in [2.45, 2.75) is 63.5 Å². The molecule has 0 bridgehead atoms. The Morgan fingerprint density at radius 2 is 1.82 bits per heavy atom. The zero-order valence-electron chi connectivity index (χ0n) is 20.7. The van der Waals surface area contributed by atoms with Crippen LogP contribution in [0, 0.1) is 12.8 Å². The Hall–Kier alpha value is -1.62. The number of thioether (sulfide) groups is 1. The highest BCUT2D eigenvalue weighted by Crippen LogP contribution is 2.24. The number of amides is 2. The Morgan fingerprint density at radius 1 is 1.18 bits per heavy atom. The molecular weight excluding hydrogens is 474 g/mol. The molecule has 1 aromatic rings. The van der Waals surface area contributed by atoms with Gasteiger partial charge in [0.15, 0.2) is 0 Å². The van der Waals surface area contributed by atoms with E-state index in [0.29, 0.717) is 38.8 Å². The van der Waals surface area contributed by atoms with Gasteiger partial charge in [-0.1, -0.05) is 17.7 Å². The molecule has 0 radical (unpaired) electrons. The Balaban J connectivity index is 1.87. The van der Waals surface area contributed by atoms with Crippen molar-refractivity contribution in [1.29, 1.82) is 0 Å². The molecular formula is C24H39N3O5S2. The third-order valence-corrected chi connectivity index (χ3v) is 8.36. The van der Waals surface area contributed by atoms with E-state index in [1.807, 2.05) is 27.0 Å². The van der Waals surface area contributed by atoms with Crippen molar-refractivity contribution >= 4 is 33.6 Å². The predicted molar refractivity (Wildman–Crippen MR) is 136 cm³/mol. The normalized spacial score (nSPS) is 16.4. The predicted octanol–water partition coefficient (Wildman–Crippen LogP) is 2.56. The van der Waals surface area contributed by atoms with E-state index in [2.05, 4.69) is 10.6 Å². The molecule has 1 aliphatic heterocycles. The maximum Gasteiger partial charge on any atom is 0.243 e. The molecule has 1 aliphatic rings. The van der Waals surface area contributed by atoms with Crippen LogP contribution in [-0.4, -0.2) is 74.9 Å². The lowest BCUT2D eigenvalue weighted by molar-refractivity contribution is -0.131. The fourth-order valence-electron chi connectivity index (χ4n) is 3.74. The number of hydrogen-bond acceptors (Lipinski definition) is 6. The second-order valence-electron chi connectivity index (χ2n) is 8.90. The van der Waals surface area contributed by atoms with Crippen molar-refractivity contribution in [2.24, 2.45) is 5.92 Å². The third-order valence-electron chi connectivity index (χ3n) is 5.80. The van der Waals surface area contributed by atoms with Crippen LogP contribution in [0.3, 0.4) is 0 Å². The fraction of sp³-hybridized carbons (Fsp3) is 0.667. The first-order valence-electron chi connectivity index (χ1n) is 11.9. The SMILES string of the molecule is CSCCC(NC(=O)C1CCN(S(=O)(=O)c2ccc(C)cc2)CC1)C(=O)NCCCOC(C)C. The van der Waals surface area contributed by atoms with Gasteiger partial charge in [0.2, 0.25) is 21.8 Å². The van der Waals surface area contributed by atoms with Crippen molar-refractivity contribution < 1.29 is 22.7 Å². The first-order chi connectivity index (χ1) is 16.1. The fourth-order valence-corrected chi connectivity index (χ4v) is 5.68. The molecule has 8 nitrogen and oxygen atoms in total. The first kappa shape index (κ1) is 28.6. The van der Waals surface area contributed by atoms with E-state index < -0.39 is 16.1 Å². The summed E-state index contributed by atoms with van der Waals surface area (Å²) in [6.07, 6.45) is 4.23. The lowest BCUT2D eigenvalue weighted by Gasteiger charge is -2.31. The first-order valence-corrected chi connectivity index (χ1v) is 14.7. The highest BCUT2D eigenvalue weighted by Gasteiger charge is 2.33. The number of nitrogens with one attached hydrogen (secondary N) is 2. The Kier molecular flexibility index (Phi) is 11.8. The van der Waals surface area contributed by atoms with Crippen LogP contribution in [0.25, 0.3) is 0 Å². The number of carbonyl (C=O) groups is 2. The van der Waals surface area contributed by atoms with Gasteiger partial charge < -0.3 is 15.4 Å². The minimum atomic E-state index is -3.57. The minimum Gasteiger partial charge on any atom is -0.379 e. The van der Waals surface area contributed by atoms with Crippen LogP contribution in [0.15, 0.2) is 29.2 Å². The highest BCUT2D eigenvalue weighted by molar-refractivity contribution is 7.98. The van der Waals surface area contributed by atoms with Gasteiger partial charge >= 0.3 is 0 Å². The minimum absolute atomic E-state index is 0.155. The van der Waals surface area contributed by atoms with Crippen molar-refractivity contribution in [3.63, 3.8) is 0 Å². The molecule has 0 aliphatic carbocycles. The molecule has 192 valence electrons. The molecule has 2 rings (SSSR count). The lowest BCUT2D eigenvalue weighted by Crippen LogP contribution is -2.50. The van der Waals surface area contributed by atoms with Gasteiger partial charge in [0.25, 0.3) is 0 Å². The van der Waals surface area contributed by atoms with Gasteiger partial charge in [-0.2, -0.15) is 16.1 Å². The van der Waals surface area contributed by atoms with Crippen molar-refractivity contribution in [3.8, 4) is 0 Å². The largest absolute Gasteiger partial charge is 0.379 e. The number of carbonyl (C=O) groups excluding carboxylic acids is 2. The molecule has 1 saturated heterocycles. The molecule has 0 saturated carbocycles. The van der Waals surface area contributed by atoms with Crippen LogP contribution < -0.4 is 10.6 Å². The second-order valence-corrected chi connectivity index (χ2v) is 11.8. The summed E-state index contributed by atoms with van der Waals surface area (Å²) < 4.78 is 32.7. The van der Waals surface area contributed by atoms with E-state index >= 15 is 0 Å². The highest BCUT2D eigenvalue weighted by atomic mass is 32.2. The van der Waals surface area contributed by atoms with Gasteiger partial charge in [-0.15, -0.1) is 0 Å². The maximum atomic E-state index is 12.9. The summed E-state index contributed by atoms with van der Waals surface area (Å²) in [6, 6.07) is 6.20. The van der Waals surface area contributed by atoms with E-state index in [1.165, 1.54) is 4.31 Å². The third kappa shape index (κ3) is 8.87. The van der Waals surface area contributed by atoms with Gasteiger partial charge in [0, 0.05) is 32.2 Å². The molecule has 1 atom stereocenters. The summed E-state index contributed by atoms with van der Waals surface area (Å²) in [7, 11) is -3.57. The molecule has 1 heterocycles. The van der Waals surface area contributed by atoms with Crippen LogP contribution >= 0.6 is 11.8 Å². The number of hydrogen-bond donors (Lipinski definition) is 2. The van der Waals surface area contributed by atoms with Crippen LogP contribution in [0.5, 0.6) is 0 Å². The van der Waals surface area contributed by atoms with E-state index in [-0.39, 0.29) is 41.8 Å². The van der Waals surface area contributed by atoms with Crippen molar-refractivity contribution in [1.82, 2.24) is 14.9 Å². The van der Waals surface area contributed by atoms with Gasteiger partial charge in [-0.05, 0) is 70.6 Å². The zero-order valence-corrected chi connectivity index (χ0v) is 22.3. The average Bonchev–Trinajstić information content (AvgIpc) is 2.81. The molecule has 10 heteroatoms. The van der Waals surface area contributed by atoms with Crippen molar-refractivity contribution in [2.75, 3.05) is 38.2 Å². The van der Waals surface area contributed by atoms with E-state index in [0.717, 1.165) is 11.3 Å². The monoisotopic (exact) mass is 513 g/mol. The van der Waals surface area contributed by atoms with Crippen molar-refractivity contribution in [3.05, 3.63) is 29.8 Å². The van der Waals surface area contributed by atoms with Gasteiger partial charge in [0.1, 0.15) is 6.04 Å². The summed E-state index contributed by atoms with van der Waals surface area (Å²) in [4.78, 5) is 25.8. The van der Waals surface area contributed by atoms with Crippen LogP contribution in [-0.2, 0) is 24.3 Å². The van der Waals surface area contributed by atoms with Gasteiger partial charge in [-0.25, -0.2) is 8.42 Å². The number of nitrogens with zero attached hydrogens (tertiary/aromatic N) is 1. The lowest BCUT2D eigenvalue weighted by atomic mass is 9.96. The number of rotatable bonds is 13. The topological polar surface area (TPSA) is 105 Å². The van der Waals surface area contributed by atoms with Crippen LogP contribution in [0.2, 0.25) is 0 Å². The quantitative estimate of drug-likeness (QED) is 0.393. The number of aryl methyl sites for hydroxylation is 1. The van der Waals surface area contributed by atoms with Crippen LogP contribution in [0.4, 0.5) is 0 Å². The number of piperidine rings is 1. The number of ether oxygens (including phenoxy) is 1. The molecule has 34 heavy (non-hydrogen) atoms. The Bertz CT molecular complexity index is 882. The van der Waals surface area contributed by atoms with E-state index in [9.17, 15) is 18.0 Å². The zero-order chi connectivity index (χ0) is 25.1. The maximum absolute atomic E-state index is 12.9. The Labute approximate surface area is 208 Å². The molecule has 2 N–H and O–H groups in total. The second kappa shape index (κ2) is 14.1. The Morgan fingerprint density at radius 3 is 2.41 bits per heavy atom. The van der Waals surface area contributed by atoms with E-state index in [4.69, 9.17) is 4.74 Å². The standard InChI is InChI=1S/C24H39N3O5S2/c1-18(2)32-16-5-13-25-24(29)22(12-17-33-4)26-23(28)20-10-14-27(15-11-20)34(30,31)21-8-6-19(3)7-9-21/h6-9,18,20,22H,5,10-17H2,1-4H3,(H,25,29)(H,26,28). The number of sulfonamides is 1. The summed E-state index contributed by atoms with van der Waals surface area (Å²) in [5.41, 5.74) is 0.998. The number of benzene rings is 1. The smallest absolute Gasteiger partial charge is 0.243 e. The van der Waals surface area contributed by atoms with Crippen LogP contribution in [0.1, 0.15) is 45.1 Å². The summed E-state index contributed by atoms with van der Waals surface area (Å²) >= 11 is 1.62. The molecule has 2 amide bonds.